The first kappa shape index (κ1) is 14.9. The van der Waals surface area contributed by atoms with Gasteiger partial charge in [0, 0.05) is 26.3 Å². The molecule has 0 aromatic carbocycles. The number of aryl methyl sites for hydroxylation is 1. The van der Waals surface area contributed by atoms with Gasteiger partial charge in [0.2, 0.25) is 11.9 Å². The molecule has 0 radical (unpaired) electrons. The fourth-order valence-corrected chi connectivity index (χ4v) is 1.60. The molecule has 9 nitrogen and oxygen atoms in total. The van der Waals surface area contributed by atoms with E-state index in [1.807, 2.05) is 20.0 Å². The lowest BCUT2D eigenvalue weighted by molar-refractivity contribution is 0.222. The molecule has 0 saturated carbocycles. The maximum absolute atomic E-state index is 5.50. The van der Waals surface area contributed by atoms with Gasteiger partial charge in [-0.2, -0.15) is 15.0 Å². The van der Waals surface area contributed by atoms with Crippen molar-refractivity contribution < 1.29 is 4.74 Å². The van der Waals surface area contributed by atoms with Gasteiger partial charge < -0.3 is 15.4 Å². The molecule has 0 bridgehead atoms. The van der Waals surface area contributed by atoms with Crippen LogP contribution in [-0.2, 0) is 6.54 Å². The molecule has 2 rings (SSSR count). The molecular weight excluding hydrogens is 272 g/mol. The van der Waals surface area contributed by atoms with Crippen LogP contribution in [0, 0.1) is 0 Å². The quantitative estimate of drug-likeness (QED) is 0.689. The van der Waals surface area contributed by atoms with Crippen molar-refractivity contribution in [2.24, 2.45) is 0 Å². The van der Waals surface area contributed by atoms with Crippen LogP contribution in [0.2, 0.25) is 0 Å². The van der Waals surface area contributed by atoms with Gasteiger partial charge in [-0.05, 0) is 20.3 Å². The highest BCUT2D eigenvalue weighted by Gasteiger charge is 2.07. The molecule has 0 atom stereocenters. The van der Waals surface area contributed by atoms with E-state index >= 15 is 0 Å². The molecule has 0 saturated heterocycles. The monoisotopic (exact) mass is 292 g/mol. The zero-order valence-electron chi connectivity index (χ0n) is 12.4. The van der Waals surface area contributed by atoms with Crippen LogP contribution in [0.5, 0.6) is 6.01 Å². The van der Waals surface area contributed by atoms with Crippen LogP contribution < -0.4 is 15.4 Å². The van der Waals surface area contributed by atoms with E-state index < -0.39 is 0 Å². The average molecular weight is 292 g/mol. The highest BCUT2D eigenvalue weighted by molar-refractivity contribution is 5.35. The molecule has 0 aliphatic heterocycles. The van der Waals surface area contributed by atoms with E-state index in [1.165, 1.54) is 0 Å². The molecule has 2 aromatic heterocycles. The number of rotatable bonds is 8. The van der Waals surface area contributed by atoms with Crippen LogP contribution in [0.4, 0.5) is 11.9 Å². The van der Waals surface area contributed by atoms with Crippen LogP contribution in [-0.4, -0.2) is 49.6 Å². The van der Waals surface area contributed by atoms with Gasteiger partial charge in [-0.3, -0.25) is 4.68 Å². The van der Waals surface area contributed by atoms with E-state index in [0.29, 0.717) is 24.5 Å². The van der Waals surface area contributed by atoms with E-state index in [1.54, 1.807) is 17.9 Å². The van der Waals surface area contributed by atoms with Gasteiger partial charge >= 0.3 is 6.01 Å². The van der Waals surface area contributed by atoms with E-state index in [0.717, 1.165) is 13.0 Å². The highest BCUT2D eigenvalue weighted by atomic mass is 16.5. The van der Waals surface area contributed by atoms with E-state index in [-0.39, 0.29) is 6.10 Å². The summed E-state index contributed by atoms with van der Waals surface area (Å²) in [5.74, 6) is 0.961. The summed E-state index contributed by atoms with van der Waals surface area (Å²) in [4.78, 5) is 12.6. The summed E-state index contributed by atoms with van der Waals surface area (Å²) in [6.45, 7) is 5.35. The fraction of sp³-hybridized carbons (Fsp3) is 0.583. The van der Waals surface area contributed by atoms with Crippen molar-refractivity contribution in [3.05, 3.63) is 12.4 Å². The fourth-order valence-electron chi connectivity index (χ4n) is 1.60. The van der Waals surface area contributed by atoms with Gasteiger partial charge in [0.05, 0.1) is 12.3 Å². The number of anilines is 2. The van der Waals surface area contributed by atoms with E-state index in [4.69, 9.17) is 4.74 Å². The topological polar surface area (TPSA) is 103 Å². The van der Waals surface area contributed by atoms with Gasteiger partial charge in [0.1, 0.15) is 0 Å². The maximum Gasteiger partial charge on any atom is 0.323 e. The van der Waals surface area contributed by atoms with Gasteiger partial charge in [-0.15, -0.1) is 5.10 Å². The number of aromatic nitrogens is 6. The van der Waals surface area contributed by atoms with Crippen molar-refractivity contribution in [2.45, 2.75) is 32.9 Å². The third kappa shape index (κ3) is 4.86. The minimum absolute atomic E-state index is 0.0114. The van der Waals surface area contributed by atoms with Crippen LogP contribution in [0.1, 0.15) is 20.3 Å². The lowest BCUT2D eigenvalue weighted by Gasteiger charge is -2.11. The van der Waals surface area contributed by atoms with Crippen molar-refractivity contribution in [3.63, 3.8) is 0 Å². The Bertz CT molecular complexity index is 542. The predicted octanol–water partition coefficient (Wildman–Crippen LogP) is 0.794. The lowest BCUT2D eigenvalue weighted by Crippen LogP contribution is -2.14. The zero-order valence-corrected chi connectivity index (χ0v) is 12.4. The molecule has 2 heterocycles. The predicted molar refractivity (Wildman–Crippen MR) is 78.3 cm³/mol. The van der Waals surface area contributed by atoms with Crippen molar-refractivity contribution in [3.8, 4) is 6.01 Å². The Morgan fingerprint density at radius 2 is 2.05 bits per heavy atom. The Morgan fingerprint density at radius 3 is 2.71 bits per heavy atom. The molecular formula is C12H20N8O. The van der Waals surface area contributed by atoms with E-state index in [2.05, 4.69) is 35.9 Å². The van der Waals surface area contributed by atoms with Gasteiger partial charge in [0.15, 0.2) is 0 Å². The molecule has 0 amide bonds. The highest BCUT2D eigenvalue weighted by Crippen LogP contribution is 2.12. The lowest BCUT2D eigenvalue weighted by atomic mass is 10.4. The molecule has 0 aliphatic carbocycles. The summed E-state index contributed by atoms with van der Waals surface area (Å²) < 4.78 is 7.28. The summed E-state index contributed by atoms with van der Waals surface area (Å²) >= 11 is 0. The molecule has 0 unspecified atom stereocenters. The first-order valence-electron chi connectivity index (χ1n) is 6.86. The summed E-state index contributed by atoms with van der Waals surface area (Å²) in [6, 6.07) is 0.308. The second kappa shape index (κ2) is 7.36. The van der Waals surface area contributed by atoms with Crippen LogP contribution in [0.25, 0.3) is 0 Å². The summed E-state index contributed by atoms with van der Waals surface area (Å²) in [6.07, 6.45) is 4.38. The van der Waals surface area contributed by atoms with Crippen LogP contribution in [0.15, 0.2) is 12.4 Å². The Morgan fingerprint density at radius 1 is 1.24 bits per heavy atom. The Hall–Kier alpha value is -2.45. The van der Waals surface area contributed by atoms with Crippen LogP contribution >= 0.6 is 0 Å². The third-order valence-corrected chi connectivity index (χ3v) is 2.50. The standard InChI is InChI=1S/C12H20N8O/c1-9(2)21-12-17-10(13-3)16-11(18-12)14-5-4-7-20-8-6-15-19-20/h6,8-9H,4-5,7H2,1-3H3,(H2,13,14,16,17,18). The Labute approximate surface area is 123 Å². The average Bonchev–Trinajstić information content (AvgIpc) is 2.96. The molecule has 21 heavy (non-hydrogen) atoms. The molecule has 2 aromatic rings. The first-order valence-corrected chi connectivity index (χ1v) is 6.86. The molecule has 114 valence electrons. The minimum Gasteiger partial charge on any atom is -0.461 e. The maximum atomic E-state index is 5.50. The molecule has 0 spiro atoms. The molecule has 9 heteroatoms. The number of ether oxygens (including phenoxy) is 1. The van der Waals surface area contributed by atoms with E-state index in [9.17, 15) is 0 Å². The van der Waals surface area contributed by atoms with Gasteiger partial charge in [0.25, 0.3) is 0 Å². The second-order valence-corrected chi connectivity index (χ2v) is 4.63. The van der Waals surface area contributed by atoms with Gasteiger partial charge in [-0.25, -0.2) is 0 Å². The summed E-state index contributed by atoms with van der Waals surface area (Å²) in [7, 11) is 1.75. The first-order chi connectivity index (χ1) is 10.2. The van der Waals surface area contributed by atoms with Crippen molar-refractivity contribution in [1.82, 2.24) is 29.9 Å². The van der Waals surface area contributed by atoms with Gasteiger partial charge in [-0.1, -0.05) is 5.21 Å². The smallest absolute Gasteiger partial charge is 0.323 e. The van der Waals surface area contributed by atoms with Crippen molar-refractivity contribution >= 4 is 11.9 Å². The Kier molecular flexibility index (Phi) is 5.24. The summed E-state index contributed by atoms with van der Waals surface area (Å²) in [5, 5.41) is 13.7. The van der Waals surface area contributed by atoms with Crippen LogP contribution in [0.3, 0.4) is 0 Å². The van der Waals surface area contributed by atoms with Crippen molar-refractivity contribution in [1.29, 1.82) is 0 Å². The zero-order chi connectivity index (χ0) is 15.1. The largest absolute Gasteiger partial charge is 0.461 e. The molecule has 2 N–H and O–H groups in total. The Balaban J connectivity index is 1.89. The number of hydrogen-bond donors (Lipinski definition) is 2. The number of nitrogens with one attached hydrogen (secondary N) is 2. The second-order valence-electron chi connectivity index (χ2n) is 4.63. The minimum atomic E-state index is 0.0114. The SMILES string of the molecule is CNc1nc(NCCCn2ccnn2)nc(OC(C)C)n1. The molecule has 0 aliphatic rings. The van der Waals surface area contributed by atoms with Crippen molar-refractivity contribution in [2.75, 3.05) is 24.2 Å². The number of hydrogen-bond acceptors (Lipinski definition) is 8. The normalized spacial score (nSPS) is 10.7. The number of nitrogens with zero attached hydrogens (tertiary/aromatic N) is 6. The summed E-state index contributed by atoms with van der Waals surface area (Å²) in [5.41, 5.74) is 0. The third-order valence-electron chi connectivity index (χ3n) is 2.50. The molecule has 0 fully saturated rings.